The smallest absolute Gasteiger partial charge is 0.295 e. The van der Waals surface area contributed by atoms with E-state index >= 15 is 0 Å². The predicted octanol–water partition coefficient (Wildman–Crippen LogP) is 6.03. The molecule has 0 radical (unpaired) electrons. The number of amides is 1. The first-order valence-corrected chi connectivity index (χ1v) is 11.5. The number of hydrogen-bond acceptors (Lipinski definition) is 6. The minimum atomic E-state index is -0.865. The summed E-state index contributed by atoms with van der Waals surface area (Å²) in [6.45, 7) is 1.82. The fourth-order valence-electron chi connectivity index (χ4n) is 3.96. The fourth-order valence-corrected chi connectivity index (χ4v) is 4.64. The minimum Gasteiger partial charge on any atom is -0.503 e. The Bertz CT molecular complexity index is 1400. The predicted molar refractivity (Wildman–Crippen MR) is 130 cm³/mol. The molecule has 3 heterocycles. The van der Waals surface area contributed by atoms with Gasteiger partial charge in [0.1, 0.15) is 17.3 Å². The van der Waals surface area contributed by atoms with Gasteiger partial charge in [0.25, 0.3) is 5.91 Å². The second-order valence-electron chi connectivity index (χ2n) is 7.77. The van der Waals surface area contributed by atoms with Gasteiger partial charge in [-0.25, -0.2) is 4.98 Å². The summed E-state index contributed by atoms with van der Waals surface area (Å²) in [6, 6.07) is 24.4. The van der Waals surface area contributed by atoms with E-state index < -0.39 is 23.5 Å². The van der Waals surface area contributed by atoms with Gasteiger partial charge >= 0.3 is 0 Å². The topological polar surface area (TPSA) is 79.7 Å². The maximum atomic E-state index is 13.4. The standard InChI is InChI=1S/C27H20N2O4S/c1-17-8-5-14-22(28-17)29-24(23(26(31)27(29)32)25(30)21-13-7-15-34-21)18-9-6-12-20(16-18)33-19-10-3-2-4-11-19/h2-16,24,31H,1H3/t24-/m1/s1. The largest absolute Gasteiger partial charge is 0.503 e. The fraction of sp³-hybridized carbons (Fsp3) is 0.0741. The Kier molecular flexibility index (Phi) is 5.69. The molecule has 1 amide bonds. The molecule has 2 aromatic carbocycles. The number of hydrogen-bond donors (Lipinski definition) is 1. The van der Waals surface area contributed by atoms with E-state index in [0.29, 0.717) is 33.5 Å². The summed E-state index contributed by atoms with van der Waals surface area (Å²) in [5, 5.41) is 12.7. The van der Waals surface area contributed by atoms with Gasteiger partial charge in [0.05, 0.1) is 16.5 Å². The summed E-state index contributed by atoms with van der Waals surface area (Å²) in [4.78, 5) is 33.0. The van der Waals surface area contributed by atoms with Gasteiger partial charge in [-0.1, -0.05) is 42.5 Å². The van der Waals surface area contributed by atoms with Crippen molar-refractivity contribution in [2.45, 2.75) is 13.0 Å². The Morgan fingerprint density at radius 1 is 0.971 bits per heavy atom. The van der Waals surface area contributed by atoms with Crippen LogP contribution in [0.15, 0.2) is 102 Å². The highest BCUT2D eigenvalue weighted by atomic mass is 32.1. The summed E-state index contributed by atoms with van der Waals surface area (Å²) in [6.07, 6.45) is 0. The van der Waals surface area contributed by atoms with E-state index in [9.17, 15) is 14.7 Å². The van der Waals surface area contributed by atoms with Gasteiger partial charge in [-0.05, 0) is 60.3 Å². The molecule has 0 unspecified atom stereocenters. The van der Waals surface area contributed by atoms with Crippen LogP contribution in [0.4, 0.5) is 5.82 Å². The summed E-state index contributed by atoms with van der Waals surface area (Å²) >= 11 is 1.26. The molecule has 168 valence electrons. The number of nitrogens with zero attached hydrogens (tertiary/aromatic N) is 2. The van der Waals surface area contributed by atoms with Gasteiger partial charge in [-0.3, -0.25) is 14.5 Å². The van der Waals surface area contributed by atoms with Crippen molar-refractivity contribution in [1.29, 1.82) is 0 Å². The Morgan fingerprint density at radius 3 is 2.47 bits per heavy atom. The van der Waals surface area contributed by atoms with Crippen molar-refractivity contribution >= 4 is 28.8 Å². The normalized spacial score (nSPS) is 15.6. The van der Waals surface area contributed by atoms with Crippen molar-refractivity contribution in [2.24, 2.45) is 0 Å². The molecule has 2 aromatic heterocycles. The Morgan fingerprint density at radius 2 is 1.74 bits per heavy atom. The van der Waals surface area contributed by atoms with E-state index in [1.54, 1.807) is 53.9 Å². The Hall–Kier alpha value is -4.23. The number of ether oxygens (including phenoxy) is 1. The van der Waals surface area contributed by atoms with Crippen LogP contribution in [0.2, 0.25) is 0 Å². The number of para-hydroxylation sites is 1. The molecule has 0 spiro atoms. The zero-order valence-corrected chi connectivity index (χ0v) is 19.0. The molecule has 0 fully saturated rings. The summed E-state index contributed by atoms with van der Waals surface area (Å²) < 4.78 is 5.98. The first-order chi connectivity index (χ1) is 16.5. The number of Topliss-reactive ketones (excluding diaryl/α,β-unsaturated/α-hetero) is 1. The van der Waals surface area contributed by atoms with Gasteiger partial charge in [0.15, 0.2) is 5.76 Å². The molecule has 7 heteroatoms. The second kappa shape index (κ2) is 8.96. The lowest BCUT2D eigenvalue weighted by atomic mass is 9.95. The number of thiophene rings is 1. The number of aromatic nitrogens is 1. The minimum absolute atomic E-state index is 0.0209. The maximum absolute atomic E-state index is 13.4. The lowest BCUT2D eigenvalue weighted by Crippen LogP contribution is -2.31. The highest BCUT2D eigenvalue weighted by molar-refractivity contribution is 7.12. The molecule has 1 aliphatic rings. The van der Waals surface area contributed by atoms with Gasteiger partial charge in [0.2, 0.25) is 5.78 Å². The van der Waals surface area contributed by atoms with Crippen LogP contribution in [0.3, 0.4) is 0 Å². The van der Waals surface area contributed by atoms with E-state index in [2.05, 4.69) is 4.98 Å². The molecule has 4 aromatic rings. The summed E-state index contributed by atoms with van der Waals surface area (Å²) in [5.41, 5.74) is 1.35. The molecule has 1 N–H and O–H groups in total. The highest BCUT2D eigenvalue weighted by Crippen LogP contribution is 2.42. The van der Waals surface area contributed by atoms with E-state index in [1.165, 1.54) is 16.2 Å². The molecule has 1 aliphatic heterocycles. The third-order valence-corrected chi connectivity index (χ3v) is 6.34. The highest BCUT2D eigenvalue weighted by Gasteiger charge is 2.45. The number of ketones is 1. The zero-order valence-electron chi connectivity index (χ0n) is 18.2. The molecule has 34 heavy (non-hydrogen) atoms. The van der Waals surface area contributed by atoms with E-state index in [0.717, 1.165) is 0 Å². The van der Waals surface area contributed by atoms with Crippen LogP contribution in [0, 0.1) is 6.92 Å². The summed E-state index contributed by atoms with van der Waals surface area (Å²) in [5.74, 6) is -0.0750. The lowest BCUT2D eigenvalue weighted by Gasteiger charge is -2.26. The monoisotopic (exact) mass is 468 g/mol. The first-order valence-electron chi connectivity index (χ1n) is 10.6. The molecule has 0 bridgehead atoms. The molecule has 0 aliphatic carbocycles. The van der Waals surface area contributed by atoms with Gasteiger partial charge in [0, 0.05) is 5.69 Å². The first kappa shape index (κ1) is 21.6. The molecule has 1 atom stereocenters. The second-order valence-corrected chi connectivity index (χ2v) is 8.72. The van der Waals surface area contributed by atoms with Crippen LogP contribution in [-0.2, 0) is 4.79 Å². The quantitative estimate of drug-likeness (QED) is 0.350. The molecular weight excluding hydrogens is 448 g/mol. The number of carbonyl (C=O) groups is 2. The van der Waals surface area contributed by atoms with E-state index in [4.69, 9.17) is 4.74 Å². The van der Waals surface area contributed by atoms with Gasteiger partial charge < -0.3 is 9.84 Å². The molecular formula is C27H20N2O4S. The van der Waals surface area contributed by atoms with Crippen molar-refractivity contribution in [3.8, 4) is 11.5 Å². The number of pyridine rings is 1. The van der Waals surface area contributed by atoms with Crippen LogP contribution in [0.1, 0.15) is 27.0 Å². The molecule has 0 saturated carbocycles. The number of aryl methyl sites for hydroxylation is 1. The van der Waals surface area contributed by atoms with Gasteiger partial charge in [-0.2, -0.15) is 0 Å². The number of aliphatic hydroxyl groups excluding tert-OH is 1. The van der Waals surface area contributed by atoms with E-state index in [-0.39, 0.29) is 5.57 Å². The maximum Gasteiger partial charge on any atom is 0.295 e. The number of benzene rings is 2. The SMILES string of the molecule is Cc1cccc(N2C(=O)C(O)=C(C(=O)c3cccs3)[C@H]2c2cccc(Oc3ccccc3)c2)n1. The van der Waals surface area contributed by atoms with E-state index in [1.807, 2.05) is 43.3 Å². The molecule has 6 nitrogen and oxygen atoms in total. The number of anilines is 1. The van der Waals surface area contributed by atoms with Gasteiger partial charge in [-0.15, -0.1) is 11.3 Å². The molecule has 5 rings (SSSR count). The average molecular weight is 469 g/mol. The Balaban J connectivity index is 1.62. The van der Waals surface area contributed by atoms with Crippen molar-refractivity contribution in [1.82, 2.24) is 4.98 Å². The van der Waals surface area contributed by atoms with Crippen LogP contribution in [0.25, 0.3) is 0 Å². The third-order valence-electron chi connectivity index (χ3n) is 5.47. The van der Waals surface area contributed by atoms with Crippen LogP contribution in [-0.4, -0.2) is 21.8 Å². The van der Waals surface area contributed by atoms with Crippen LogP contribution < -0.4 is 9.64 Å². The van der Waals surface area contributed by atoms with Crippen LogP contribution >= 0.6 is 11.3 Å². The third kappa shape index (κ3) is 3.97. The average Bonchev–Trinajstić information content (AvgIpc) is 3.47. The zero-order chi connectivity index (χ0) is 23.7. The Labute approximate surface area is 200 Å². The number of rotatable bonds is 6. The van der Waals surface area contributed by atoms with Crippen molar-refractivity contribution in [3.63, 3.8) is 0 Å². The number of aliphatic hydroxyl groups is 1. The lowest BCUT2D eigenvalue weighted by molar-refractivity contribution is -0.117. The van der Waals surface area contributed by atoms with Crippen LogP contribution in [0.5, 0.6) is 11.5 Å². The number of carbonyl (C=O) groups excluding carboxylic acids is 2. The molecule has 0 saturated heterocycles. The van der Waals surface area contributed by atoms with Crippen molar-refractivity contribution < 1.29 is 19.4 Å². The van der Waals surface area contributed by atoms with Crippen molar-refractivity contribution in [3.05, 3.63) is 118 Å². The summed E-state index contributed by atoms with van der Waals surface area (Å²) in [7, 11) is 0. The van der Waals surface area contributed by atoms with Crippen molar-refractivity contribution in [2.75, 3.05) is 4.90 Å².